The Morgan fingerprint density at radius 1 is 0.861 bits per heavy atom. The van der Waals surface area contributed by atoms with Crippen molar-refractivity contribution < 1.29 is 44.5 Å². The molecular weight excluding hydrogens is 468 g/mol. The molecule has 9 nitrogen and oxygen atoms in total. The Morgan fingerprint density at radius 3 is 2.19 bits per heavy atom. The fraction of sp³-hybridized carbons (Fsp3) is 0.741. The van der Waals surface area contributed by atoms with Gasteiger partial charge in [-0.2, -0.15) is 0 Å². The van der Waals surface area contributed by atoms with Crippen LogP contribution in [0.25, 0.3) is 0 Å². The second-order valence-electron chi connectivity index (χ2n) is 8.97. The van der Waals surface area contributed by atoms with Crippen LogP contribution in [-0.4, -0.2) is 88.1 Å². The van der Waals surface area contributed by atoms with Gasteiger partial charge in [-0.05, 0) is 38.5 Å². The Balaban J connectivity index is 2.02. The number of hydrogen-bond acceptors (Lipinski definition) is 9. The Morgan fingerprint density at radius 2 is 1.50 bits per heavy atom. The van der Waals surface area contributed by atoms with Crippen LogP contribution in [0.5, 0.6) is 0 Å². The topological polar surface area (TPSA) is 146 Å². The van der Waals surface area contributed by atoms with E-state index in [4.69, 9.17) is 19.3 Å². The lowest BCUT2D eigenvalue weighted by molar-refractivity contribution is -0.305. The molecule has 208 valence electrons. The number of rotatable bonds is 19. The smallest absolute Gasteiger partial charge is 0.305 e. The highest BCUT2D eigenvalue weighted by atomic mass is 16.7. The van der Waals surface area contributed by atoms with Crippen molar-refractivity contribution in [1.82, 2.24) is 0 Å². The molecule has 36 heavy (non-hydrogen) atoms. The number of hydrogen-bond donors (Lipinski definition) is 5. The maximum Gasteiger partial charge on any atom is 0.305 e. The van der Waals surface area contributed by atoms with Gasteiger partial charge in [-0.15, -0.1) is 0 Å². The number of aliphatic hydroxyl groups excluding tert-OH is 5. The minimum Gasteiger partial charge on any atom is -0.463 e. The molecule has 9 heteroatoms. The summed E-state index contributed by atoms with van der Waals surface area (Å²) in [5.41, 5.74) is 0. The van der Waals surface area contributed by atoms with Gasteiger partial charge in [0.25, 0.3) is 0 Å². The van der Waals surface area contributed by atoms with Crippen LogP contribution in [0.1, 0.15) is 71.1 Å². The van der Waals surface area contributed by atoms with E-state index in [-0.39, 0.29) is 19.6 Å². The molecule has 0 aromatic carbocycles. The molecule has 0 aromatic rings. The van der Waals surface area contributed by atoms with E-state index in [2.05, 4.69) is 43.4 Å². The Labute approximate surface area is 215 Å². The summed E-state index contributed by atoms with van der Waals surface area (Å²) in [5.74, 6) is -0.400. The number of unbranched alkanes of at least 4 members (excludes halogenated alkanes) is 5. The van der Waals surface area contributed by atoms with Crippen molar-refractivity contribution in [3.63, 3.8) is 0 Å². The lowest BCUT2D eigenvalue weighted by Gasteiger charge is -2.39. The van der Waals surface area contributed by atoms with Crippen molar-refractivity contribution in [3.05, 3.63) is 36.5 Å². The van der Waals surface area contributed by atoms with Crippen molar-refractivity contribution in [2.75, 3.05) is 19.8 Å². The summed E-state index contributed by atoms with van der Waals surface area (Å²) in [4.78, 5) is 11.9. The fourth-order valence-corrected chi connectivity index (χ4v) is 3.61. The highest BCUT2D eigenvalue weighted by molar-refractivity contribution is 5.69. The summed E-state index contributed by atoms with van der Waals surface area (Å²) in [6, 6.07) is 0. The van der Waals surface area contributed by atoms with Crippen LogP contribution in [0.15, 0.2) is 36.5 Å². The third kappa shape index (κ3) is 14.2. The molecule has 1 fully saturated rings. The van der Waals surface area contributed by atoms with E-state index < -0.39 is 49.4 Å². The largest absolute Gasteiger partial charge is 0.463 e. The number of esters is 1. The van der Waals surface area contributed by atoms with Gasteiger partial charge < -0.3 is 39.7 Å². The van der Waals surface area contributed by atoms with Crippen molar-refractivity contribution in [2.45, 2.75) is 108 Å². The summed E-state index contributed by atoms with van der Waals surface area (Å²) >= 11 is 0. The first kappa shape index (κ1) is 32.4. The Hall–Kier alpha value is -1.59. The zero-order chi connectivity index (χ0) is 26.6. The van der Waals surface area contributed by atoms with Gasteiger partial charge in [0.15, 0.2) is 6.29 Å². The zero-order valence-electron chi connectivity index (χ0n) is 21.5. The van der Waals surface area contributed by atoms with E-state index in [9.17, 15) is 25.2 Å². The van der Waals surface area contributed by atoms with Gasteiger partial charge in [-0.3, -0.25) is 4.79 Å². The van der Waals surface area contributed by atoms with E-state index in [1.54, 1.807) is 0 Å². The van der Waals surface area contributed by atoms with Crippen LogP contribution in [0.3, 0.4) is 0 Å². The standard InChI is InChI=1S/C27H46O9/c1-2-3-4-5-6-7-8-9-10-11-12-13-14-15-16-17-23(30)34-19-21(29)20-35-27-26(33)25(32)24(31)22(18-28)36-27/h3-4,6-7,9-10,21-22,24-29,31-33H,2,5,8,11-20H2,1H3/b4-3-,7-6-,10-9-/t21-,22-,24+,25+,26-,27+/m0/s1. The summed E-state index contributed by atoms with van der Waals surface area (Å²) in [7, 11) is 0. The third-order valence-corrected chi connectivity index (χ3v) is 5.77. The first-order valence-electron chi connectivity index (χ1n) is 13.1. The average molecular weight is 515 g/mol. The molecular formula is C27H46O9. The molecule has 0 bridgehead atoms. The van der Waals surface area contributed by atoms with Gasteiger partial charge in [0, 0.05) is 6.42 Å². The van der Waals surface area contributed by atoms with Crippen molar-refractivity contribution in [1.29, 1.82) is 0 Å². The number of carbonyl (C=O) groups is 1. The van der Waals surface area contributed by atoms with E-state index in [1.807, 2.05) is 0 Å². The third-order valence-electron chi connectivity index (χ3n) is 5.77. The molecule has 1 aliphatic heterocycles. The monoisotopic (exact) mass is 514 g/mol. The van der Waals surface area contributed by atoms with Crippen LogP contribution < -0.4 is 0 Å². The molecule has 6 atom stereocenters. The second-order valence-corrected chi connectivity index (χ2v) is 8.97. The zero-order valence-corrected chi connectivity index (χ0v) is 21.5. The maximum absolute atomic E-state index is 11.9. The van der Waals surface area contributed by atoms with Crippen molar-refractivity contribution in [2.24, 2.45) is 0 Å². The molecule has 0 radical (unpaired) electrons. The molecule has 1 saturated heterocycles. The number of ether oxygens (including phenoxy) is 3. The molecule has 0 aromatic heterocycles. The van der Waals surface area contributed by atoms with Crippen LogP contribution >= 0.6 is 0 Å². The molecule has 0 spiro atoms. The Kier molecular flexibility index (Phi) is 18.4. The fourth-order valence-electron chi connectivity index (χ4n) is 3.61. The number of aliphatic hydroxyl groups is 5. The quantitative estimate of drug-likeness (QED) is 0.0995. The van der Waals surface area contributed by atoms with Gasteiger partial charge in [0.2, 0.25) is 0 Å². The Bertz CT molecular complexity index is 647. The lowest BCUT2D eigenvalue weighted by atomic mass is 9.99. The SMILES string of the molecule is CC/C=C\C/C=C\C/C=C\CCCCCCCC(=O)OC[C@H](O)CO[C@@H]1O[C@@H](CO)[C@@H](O)[C@@H](O)[C@@H]1O. The molecule has 0 saturated carbocycles. The summed E-state index contributed by atoms with van der Waals surface area (Å²) < 4.78 is 15.5. The minimum atomic E-state index is -1.56. The van der Waals surface area contributed by atoms with Crippen LogP contribution in [0.4, 0.5) is 0 Å². The molecule has 0 aliphatic carbocycles. The highest BCUT2D eigenvalue weighted by Gasteiger charge is 2.44. The molecule has 1 rings (SSSR count). The van der Waals surface area contributed by atoms with Crippen molar-refractivity contribution >= 4 is 5.97 Å². The van der Waals surface area contributed by atoms with Gasteiger partial charge in [0.1, 0.15) is 37.1 Å². The molecule has 0 amide bonds. The van der Waals surface area contributed by atoms with E-state index >= 15 is 0 Å². The summed E-state index contributed by atoms with van der Waals surface area (Å²) in [6.45, 7) is 0.964. The first-order chi connectivity index (χ1) is 17.4. The second kappa shape index (κ2) is 20.5. The first-order valence-corrected chi connectivity index (χ1v) is 13.1. The highest BCUT2D eigenvalue weighted by Crippen LogP contribution is 2.22. The van der Waals surface area contributed by atoms with E-state index in [1.165, 1.54) is 0 Å². The van der Waals surface area contributed by atoms with Gasteiger partial charge >= 0.3 is 5.97 Å². The minimum absolute atomic E-state index is 0.271. The molecule has 1 heterocycles. The number of allylic oxidation sites excluding steroid dienone is 6. The predicted molar refractivity (Wildman–Crippen MR) is 136 cm³/mol. The predicted octanol–water partition coefficient (Wildman–Crippen LogP) is 2.30. The summed E-state index contributed by atoms with van der Waals surface area (Å²) in [6.07, 6.45) is 14.3. The van der Waals surface area contributed by atoms with Gasteiger partial charge in [0.05, 0.1) is 13.2 Å². The van der Waals surface area contributed by atoms with Crippen molar-refractivity contribution in [3.8, 4) is 0 Å². The molecule has 5 N–H and O–H groups in total. The van der Waals surface area contributed by atoms with Crippen LogP contribution in [-0.2, 0) is 19.0 Å². The summed E-state index contributed by atoms with van der Waals surface area (Å²) in [5, 5.41) is 48.5. The number of carbonyl (C=O) groups excluding carboxylic acids is 1. The van der Waals surface area contributed by atoms with Crippen LogP contribution in [0, 0.1) is 0 Å². The maximum atomic E-state index is 11.9. The normalized spacial score (nSPS) is 25.8. The van der Waals surface area contributed by atoms with E-state index in [0.29, 0.717) is 0 Å². The average Bonchev–Trinajstić information content (AvgIpc) is 2.88. The molecule has 1 aliphatic rings. The van der Waals surface area contributed by atoms with E-state index in [0.717, 1.165) is 57.8 Å². The lowest BCUT2D eigenvalue weighted by Crippen LogP contribution is -2.59. The van der Waals surface area contributed by atoms with Gasteiger partial charge in [-0.1, -0.05) is 62.6 Å². The van der Waals surface area contributed by atoms with Crippen LogP contribution in [0.2, 0.25) is 0 Å². The van der Waals surface area contributed by atoms with Gasteiger partial charge in [-0.25, -0.2) is 0 Å². The molecule has 0 unspecified atom stereocenters.